The highest BCUT2D eigenvalue weighted by Gasteiger charge is 2.23. The van der Waals surface area contributed by atoms with Crippen LogP contribution in [0.2, 0.25) is 0 Å². The Morgan fingerprint density at radius 3 is 2.28 bits per heavy atom. The predicted molar refractivity (Wildman–Crippen MR) is 107 cm³/mol. The number of benzene rings is 2. The van der Waals surface area contributed by atoms with E-state index < -0.39 is 5.91 Å². The van der Waals surface area contributed by atoms with Crippen LogP contribution in [0.15, 0.2) is 48.5 Å². The minimum atomic E-state index is -0.603. The molecule has 0 aliphatic carbocycles. The Morgan fingerprint density at radius 1 is 0.966 bits per heavy atom. The molecule has 1 heterocycles. The van der Waals surface area contributed by atoms with Crippen LogP contribution in [-0.2, 0) is 16.0 Å². The second-order valence-corrected chi connectivity index (χ2v) is 6.92. The molecule has 0 radical (unpaired) electrons. The van der Waals surface area contributed by atoms with Crippen LogP contribution < -0.4 is 11.1 Å². The van der Waals surface area contributed by atoms with Crippen LogP contribution in [0.1, 0.15) is 15.9 Å². The third-order valence-electron chi connectivity index (χ3n) is 4.83. The second kappa shape index (κ2) is 9.29. The van der Waals surface area contributed by atoms with Crippen LogP contribution in [0.4, 0.5) is 10.1 Å². The number of anilines is 1. The fourth-order valence-corrected chi connectivity index (χ4v) is 3.24. The van der Waals surface area contributed by atoms with Gasteiger partial charge in [0.2, 0.25) is 11.8 Å². The van der Waals surface area contributed by atoms with Gasteiger partial charge in [0, 0.05) is 26.2 Å². The highest BCUT2D eigenvalue weighted by Crippen LogP contribution is 2.14. The van der Waals surface area contributed by atoms with E-state index in [-0.39, 0.29) is 36.2 Å². The molecule has 2 aromatic carbocycles. The maximum absolute atomic E-state index is 13.0. The SMILES string of the molecule is NC(=O)c1ccccc1NC(=O)CN1CCN(C(=O)Cc2ccc(F)cc2)CC1. The molecule has 1 fully saturated rings. The highest BCUT2D eigenvalue weighted by molar-refractivity contribution is 6.03. The summed E-state index contributed by atoms with van der Waals surface area (Å²) in [5, 5.41) is 2.72. The lowest BCUT2D eigenvalue weighted by atomic mass is 10.1. The van der Waals surface area contributed by atoms with Gasteiger partial charge in [-0.15, -0.1) is 0 Å². The number of carbonyl (C=O) groups excluding carboxylic acids is 3. The van der Waals surface area contributed by atoms with Gasteiger partial charge in [0.25, 0.3) is 5.91 Å². The summed E-state index contributed by atoms with van der Waals surface area (Å²) in [7, 11) is 0. The first kappa shape index (κ1) is 20.5. The molecule has 0 aromatic heterocycles. The number of halogens is 1. The van der Waals surface area contributed by atoms with Crippen molar-refractivity contribution in [3.63, 3.8) is 0 Å². The third-order valence-corrected chi connectivity index (χ3v) is 4.83. The Balaban J connectivity index is 1.47. The standard InChI is InChI=1S/C21H23FN4O3/c22-16-7-5-15(6-8-16)13-20(28)26-11-9-25(10-12-26)14-19(27)24-18-4-2-1-3-17(18)21(23)29/h1-8H,9-14H2,(H2,23,29)(H,24,27). The van der Waals surface area contributed by atoms with Gasteiger partial charge >= 0.3 is 0 Å². The maximum atomic E-state index is 13.0. The van der Waals surface area contributed by atoms with Gasteiger partial charge in [-0.05, 0) is 29.8 Å². The Labute approximate surface area is 168 Å². The van der Waals surface area contributed by atoms with Crippen LogP contribution >= 0.6 is 0 Å². The van der Waals surface area contributed by atoms with E-state index in [9.17, 15) is 18.8 Å². The molecule has 1 saturated heterocycles. The van der Waals surface area contributed by atoms with Gasteiger partial charge < -0.3 is 16.0 Å². The zero-order valence-electron chi connectivity index (χ0n) is 15.9. The first-order valence-corrected chi connectivity index (χ1v) is 9.35. The molecule has 1 aliphatic rings. The normalized spacial score (nSPS) is 14.4. The fraction of sp³-hybridized carbons (Fsp3) is 0.286. The Hall–Kier alpha value is -3.26. The molecular weight excluding hydrogens is 375 g/mol. The summed E-state index contributed by atoms with van der Waals surface area (Å²) in [5.74, 6) is -1.19. The fourth-order valence-electron chi connectivity index (χ4n) is 3.24. The average Bonchev–Trinajstić information content (AvgIpc) is 2.70. The first-order chi connectivity index (χ1) is 13.9. The van der Waals surface area contributed by atoms with Gasteiger partial charge in [-0.2, -0.15) is 0 Å². The topological polar surface area (TPSA) is 95.7 Å². The van der Waals surface area contributed by atoms with E-state index in [2.05, 4.69) is 5.32 Å². The van der Waals surface area contributed by atoms with Crippen molar-refractivity contribution in [1.82, 2.24) is 9.80 Å². The second-order valence-electron chi connectivity index (χ2n) is 6.92. The number of para-hydroxylation sites is 1. The number of hydrogen-bond acceptors (Lipinski definition) is 4. The Morgan fingerprint density at radius 2 is 1.62 bits per heavy atom. The average molecular weight is 398 g/mol. The molecule has 0 saturated carbocycles. The summed E-state index contributed by atoms with van der Waals surface area (Å²) < 4.78 is 13.0. The molecular formula is C21H23FN4O3. The van der Waals surface area contributed by atoms with Gasteiger partial charge in [-0.1, -0.05) is 24.3 Å². The highest BCUT2D eigenvalue weighted by atomic mass is 19.1. The molecule has 1 aliphatic heterocycles. The van der Waals surface area contributed by atoms with Crippen LogP contribution in [0.25, 0.3) is 0 Å². The molecule has 3 amide bonds. The zero-order valence-corrected chi connectivity index (χ0v) is 15.9. The quantitative estimate of drug-likeness (QED) is 0.766. The van der Waals surface area contributed by atoms with Gasteiger partial charge in [0.05, 0.1) is 24.2 Å². The molecule has 0 spiro atoms. The largest absolute Gasteiger partial charge is 0.366 e. The molecule has 7 nitrogen and oxygen atoms in total. The Kier molecular flexibility index (Phi) is 6.56. The van der Waals surface area contributed by atoms with Crippen molar-refractivity contribution in [1.29, 1.82) is 0 Å². The number of primary amides is 1. The van der Waals surface area contributed by atoms with Crippen molar-refractivity contribution in [3.05, 3.63) is 65.5 Å². The smallest absolute Gasteiger partial charge is 0.250 e. The molecule has 29 heavy (non-hydrogen) atoms. The summed E-state index contributed by atoms with van der Waals surface area (Å²) in [6.07, 6.45) is 0.227. The van der Waals surface area contributed by atoms with Gasteiger partial charge in [-0.25, -0.2) is 4.39 Å². The van der Waals surface area contributed by atoms with Crippen molar-refractivity contribution >= 4 is 23.4 Å². The van der Waals surface area contributed by atoms with E-state index in [1.54, 1.807) is 41.3 Å². The summed E-state index contributed by atoms with van der Waals surface area (Å²) in [6.45, 7) is 2.34. The minimum absolute atomic E-state index is 0.0175. The van der Waals surface area contributed by atoms with Gasteiger partial charge in [0.15, 0.2) is 0 Å². The molecule has 152 valence electrons. The summed E-state index contributed by atoms with van der Waals surface area (Å²) in [6, 6.07) is 12.5. The van der Waals surface area contributed by atoms with E-state index in [1.165, 1.54) is 12.1 Å². The van der Waals surface area contributed by atoms with Crippen LogP contribution in [0.5, 0.6) is 0 Å². The molecule has 8 heteroatoms. The van der Waals surface area contributed by atoms with Crippen molar-refractivity contribution in [3.8, 4) is 0 Å². The van der Waals surface area contributed by atoms with Crippen LogP contribution in [0, 0.1) is 5.82 Å². The van der Waals surface area contributed by atoms with Crippen molar-refractivity contribution in [2.75, 3.05) is 38.0 Å². The number of nitrogens with one attached hydrogen (secondary N) is 1. The lowest BCUT2D eigenvalue weighted by Gasteiger charge is -2.34. The molecule has 0 bridgehead atoms. The number of rotatable bonds is 6. The van der Waals surface area contributed by atoms with E-state index in [0.717, 1.165) is 5.56 Å². The summed E-state index contributed by atoms with van der Waals surface area (Å²) in [4.78, 5) is 39.9. The van der Waals surface area contributed by atoms with Crippen molar-refractivity contribution < 1.29 is 18.8 Å². The molecule has 0 unspecified atom stereocenters. The van der Waals surface area contributed by atoms with Crippen LogP contribution in [0.3, 0.4) is 0 Å². The predicted octanol–water partition coefficient (Wildman–Crippen LogP) is 1.25. The molecule has 0 atom stereocenters. The van der Waals surface area contributed by atoms with E-state index >= 15 is 0 Å². The van der Waals surface area contributed by atoms with E-state index in [1.807, 2.05) is 4.90 Å². The maximum Gasteiger partial charge on any atom is 0.250 e. The number of carbonyl (C=O) groups is 3. The summed E-state index contributed by atoms with van der Waals surface area (Å²) in [5.41, 5.74) is 6.74. The van der Waals surface area contributed by atoms with Gasteiger partial charge in [-0.3, -0.25) is 19.3 Å². The number of amides is 3. The molecule has 2 aromatic rings. The number of nitrogens with two attached hydrogens (primary N) is 1. The van der Waals surface area contributed by atoms with Gasteiger partial charge in [0.1, 0.15) is 5.82 Å². The molecule has 3 N–H and O–H groups in total. The zero-order chi connectivity index (χ0) is 20.8. The number of hydrogen-bond donors (Lipinski definition) is 2. The van der Waals surface area contributed by atoms with Crippen molar-refractivity contribution in [2.24, 2.45) is 5.73 Å². The lowest BCUT2D eigenvalue weighted by molar-refractivity contribution is -0.132. The van der Waals surface area contributed by atoms with Crippen molar-refractivity contribution in [2.45, 2.75) is 6.42 Å². The Bertz CT molecular complexity index is 893. The monoisotopic (exact) mass is 398 g/mol. The minimum Gasteiger partial charge on any atom is -0.366 e. The van der Waals surface area contributed by atoms with E-state index in [4.69, 9.17) is 5.73 Å². The molecule has 3 rings (SSSR count). The van der Waals surface area contributed by atoms with Crippen LogP contribution in [-0.4, -0.2) is 60.2 Å². The van der Waals surface area contributed by atoms with E-state index in [0.29, 0.717) is 31.9 Å². The summed E-state index contributed by atoms with van der Waals surface area (Å²) >= 11 is 0. The lowest BCUT2D eigenvalue weighted by Crippen LogP contribution is -2.50. The number of piperazine rings is 1. The number of nitrogens with zero attached hydrogens (tertiary/aromatic N) is 2. The third kappa shape index (κ3) is 5.61. The first-order valence-electron chi connectivity index (χ1n) is 9.35.